The highest BCUT2D eigenvalue weighted by molar-refractivity contribution is 6.32. The van der Waals surface area contributed by atoms with Crippen molar-refractivity contribution in [2.24, 2.45) is 0 Å². The van der Waals surface area contributed by atoms with Gasteiger partial charge in [0.1, 0.15) is 13.7 Å². The van der Waals surface area contributed by atoms with Crippen molar-refractivity contribution in [3.8, 4) is 39.3 Å². The standard InChI is InChI=1S/C39H27BN2/c40-29-24-22-27(23-25-29)38-33-14-6-4-12-31(33)37(32-13-5-7-15-34(32)38)26-18-20-28(21-19-26)39-41-35-16-8-9-17-36(35)42(39)30-10-2-1-3-11-30/h1-25H,40H2. The van der Waals surface area contributed by atoms with Crippen LogP contribution in [0.15, 0.2) is 152 Å². The van der Waals surface area contributed by atoms with E-state index in [4.69, 9.17) is 4.98 Å². The van der Waals surface area contributed by atoms with Gasteiger partial charge in [-0.2, -0.15) is 0 Å². The fourth-order valence-electron chi connectivity index (χ4n) is 6.31. The first-order valence-electron chi connectivity index (χ1n) is 14.4. The van der Waals surface area contributed by atoms with E-state index in [0.717, 1.165) is 28.1 Å². The van der Waals surface area contributed by atoms with Gasteiger partial charge in [0.15, 0.2) is 0 Å². The molecule has 0 aliphatic carbocycles. The molecule has 7 aromatic carbocycles. The van der Waals surface area contributed by atoms with Crippen molar-refractivity contribution in [1.82, 2.24) is 9.55 Å². The van der Waals surface area contributed by atoms with Crippen LogP contribution in [0.4, 0.5) is 0 Å². The van der Waals surface area contributed by atoms with Crippen LogP contribution in [0, 0.1) is 0 Å². The predicted octanol–water partition coefficient (Wildman–Crippen LogP) is 8.59. The number of aromatic nitrogens is 2. The third-order valence-electron chi connectivity index (χ3n) is 8.28. The molecule has 0 unspecified atom stereocenters. The number of hydrogen-bond acceptors (Lipinski definition) is 1. The Labute approximate surface area is 245 Å². The van der Waals surface area contributed by atoms with Gasteiger partial charge in [-0.3, -0.25) is 4.57 Å². The Hall–Kier alpha value is -5.41. The fourth-order valence-corrected chi connectivity index (χ4v) is 6.31. The predicted molar refractivity (Wildman–Crippen MR) is 181 cm³/mol. The van der Waals surface area contributed by atoms with Gasteiger partial charge in [-0.25, -0.2) is 4.98 Å². The van der Waals surface area contributed by atoms with E-state index < -0.39 is 0 Å². The monoisotopic (exact) mass is 534 g/mol. The van der Waals surface area contributed by atoms with E-state index in [9.17, 15) is 0 Å². The number of hydrogen-bond donors (Lipinski definition) is 0. The van der Waals surface area contributed by atoms with Gasteiger partial charge >= 0.3 is 0 Å². The van der Waals surface area contributed by atoms with Crippen LogP contribution in [-0.2, 0) is 0 Å². The zero-order valence-corrected chi connectivity index (χ0v) is 23.3. The van der Waals surface area contributed by atoms with Crippen LogP contribution in [0.1, 0.15) is 0 Å². The van der Waals surface area contributed by atoms with Gasteiger partial charge in [0.2, 0.25) is 0 Å². The Morgan fingerprint density at radius 1 is 0.429 bits per heavy atom. The molecule has 0 aliphatic heterocycles. The van der Waals surface area contributed by atoms with E-state index in [1.54, 1.807) is 0 Å². The van der Waals surface area contributed by atoms with Gasteiger partial charge in [0.25, 0.3) is 0 Å². The van der Waals surface area contributed by atoms with Crippen molar-refractivity contribution < 1.29 is 0 Å². The summed E-state index contributed by atoms with van der Waals surface area (Å²) in [6.07, 6.45) is 0. The van der Waals surface area contributed by atoms with Crippen molar-refractivity contribution in [1.29, 1.82) is 0 Å². The molecule has 0 fully saturated rings. The number of fused-ring (bicyclic) bond motifs is 3. The summed E-state index contributed by atoms with van der Waals surface area (Å²) < 4.78 is 2.26. The molecule has 0 atom stereocenters. The highest BCUT2D eigenvalue weighted by Crippen LogP contribution is 2.43. The van der Waals surface area contributed by atoms with Crippen molar-refractivity contribution in [2.75, 3.05) is 0 Å². The van der Waals surface area contributed by atoms with Gasteiger partial charge < -0.3 is 0 Å². The van der Waals surface area contributed by atoms with Crippen LogP contribution < -0.4 is 5.46 Å². The third kappa shape index (κ3) is 3.94. The average molecular weight is 534 g/mol. The summed E-state index contributed by atoms with van der Waals surface area (Å²) in [5, 5.41) is 5.06. The molecule has 0 radical (unpaired) electrons. The van der Waals surface area contributed by atoms with Crippen molar-refractivity contribution in [2.45, 2.75) is 0 Å². The first-order chi connectivity index (χ1) is 20.8. The number of imidazole rings is 1. The molecule has 8 rings (SSSR count). The van der Waals surface area contributed by atoms with E-state index in [2.05, 4.69) is 158 Å². The molecule has 0 amide bonds. The first kappa shape index (κ1) is 24.4. The number of para-hydroxylation sites is 3. The lowest BCUT2D eigenvalue weighted by atomic mass is 9.85. The molecule has 0 spiro atoms. The molecule has 0 N–H and O–H groups in total. The minimum absolute atomic E-state index is 0.943. The van der Waals surface area contributed by atoms with Crippen molar-refractivity contribution in [3.05, 3.63) is 152 Å². The molecule has 0 saturated carbocycles. The van der Waals surface area contributed by atoms with E-state index >= 15 is 0 Å². The second-order valence-electron chi connectivity index (χ2n) is 10.9. The normalized spacial score (nSPS) is 11.4. The summed E-state index contributed by atoms with van der Waals surface area (Å²) in [5.74, 6) is 0.943. The van der Waals surface area contributed by atoms with Crippen LogP contribution in [0.2, 0.25) is 0 Å². The molecule has 3 heteroatoms. The SMILES string of the molecule is Bc1ccc(-c2c3ccccc3c(-c3ccc(-c4nc5ccccc5n4-c4ccccc4)cc3)c3ccccc23)cc1. The third-order valence-corrected chi connectivity index (χ3v) is 8.28. The Morgan fingerprint density at radius 3 is 1.45 bits per heavy atom. The van der Waals surface area contributed by atoms with Crippen molar-refractivity contribution >= 4 is 45.9 Å². The number of rotatable bonds is 4. The summed E-state index contributed by atoms with van der Waals surface area (Å²) in [7, 11) is 2.14. The first-order valence-corrected chi connectivity index (χ1v) is 14.4. The lowest BCUT2D eigenvalue weighted by Crippen LogP contribution is -1.99. The summed E-state index contributed by atoms with van der Waals surface area (Å²) >= 11 is 0. The zero-order chi connectivity index (χ0) is 28.0. The van der Waals surface area contributed by atoms with Crippen LogP contribution in [0.25, 0.3) is 71.9 Å². The van der Waals surface area contributed by atoms with Crippen LogP contribution in [0.3, 0.4) is 0 Å². The minimum atomic E-state index is 0.943. The molecular weight excluding hydrogens is 507 g/mol. The Kier molecular flexibility index (Phi) is 5.75. The van der Waals surface area contributed by atoms with Gasteiger partial charge in [0.05, 0.1) is 11.0 Å². The molecular formula is C39H27BN2. The highest BCUT2D eigenvalue weighted by Gasteiger charge is 2.18. The molecule has 8 aromatic rings. The summed E-state index contributed by atoms with van der Waals surface area (Å²) in [4.78, 5) is 5.08. The topological polar surface area (TPSA) is 17.8 Å². The summed E-state index contributed by atoms with van der Waals surface area (Å²) in [5.41, 5.74) is 10.6. The maximum Gasteiger partial charge on any atom is 0.145 e. The lowest BCUT2D eigenvalue weighted by Gasteiger charge is -2.18. The van der Waals surface area contributed by atoms with E-state index in [1.807, 2.05) is 6.07 Å². The van der Waals surface area contributed by atoms with Gasteiger partial charge in [-0.05, 0) is 68.1 Å². The van der Waals surface area contributed by atoms with Crippen LogP contribution in [0.5, 0.6) is 0 Å². The van der Waals surface area contributed by atoms with Crippen LogP contribution in [-0.4, -0.2) is 17.4 Å². The maximum atomic E-state index is 5.08. The minimum Gasteiger partial charge on any atom is -0.292 e. The Balaban J connectivity index is 1.34. The molecule has 0 bridgehead atoms. The van der Waals surface area contributed by atoms with Gasteiger partial charge in [-0.15, -0.1) is 0 Å². The smallest absolute Gasteiger partial charge is 0.145 e. The van der Waals surface area contributed by atoms with Crippen molar-refractivity contribution in [3.63, 3.8) is 0 Å². The largest absolute Gasteiger partial charge is 0.292 e. The second kappa shape index (κ2) is 9.90. The van der Waals surface area contributed by atoms with E-state index in [1.165, 1.54) is 49.3 Å². The van der Waals surface area contributed by atoms with Gasteiger partial charge in [0, 0.05) is 11.3 Å². The zero-order valence-electron chi connectivity index (χ0n) is 23.3. The molecule has 0 saturated heterocycles. The van der Waals surface area contributed by atoms with Gasteiger partial charge in [-0.1, -0.05) is 133 Å². The number of benzene rings is 7. The average Bonchev–Trinajstić information content (AvgIpc) is 3.44. The fraction of sp³-hybridized carbons (Fsp3) is 0. The summed E-state index contributed by atoms with van der Waals surface area (Å²) in [6, 6.07) is 54.3. The Morgan fingerprint density at radius 2 is 0.881 bits per heavy atom. The summed E-state index contributed by atoms with van der Waals surface area (Å²) in [6.45, 7) is 0. The molecule has 42 heavy (non-hydrogen) atoms. The lowest BCUT2D eigenvalue weighted by molar-refractivity contribution is 1.10. The molecule has 1 heterocycles. The number of nitrogens with zero attached hydrogens (tertiary/aromatic N) is 2. The molecule has 1 aromatic heterocycles. The molecule has 0 aliphatic rings. The highest BCUT2D eigenvalue weighted by atomic mass is 15.1. The van der Waals surface area contributed by atoms with Crippen LogP contribution >= 0.6 is 0 Å². The Bertz CT molecular complexity index is 2170. The van der Waals surface area contributed by atoms with E-state index in [-0.39, 0.29) is 0 Å². The molecule has 196 valence electrons. The quantitative estimate of drug-likeness (QED) is 0.163. The van der Waals surface area contributed by atoms with E-state index in [0.29, 0.717) is 0 Å². The second-order valence-corrected chi connectivity index (χ2v) is 10.9. The maximum absolute atomic E-state index is 5.08. The molecule has 2 nitrogen and oxygen atoms in total.